The van der Waals surface area contributed by atoms with Crippen molar-refractivity contribution in [2.24, 2.45) is 17.8 Å². The third-order valence-corrected chi connectivity index (χ3v) is 7.76. The Morgan fingerprint density at radius 3 is 2.42 bits per heavy atom. The molecule has 1 aromatic carbocycles. The highest BCUT2D eigenvalue weighted by Gasteiger charge is 2.63. The summed E-state index contributed by atoms with van der Waals surface area (Å²) in [6.07, 6.45) is 5.00. The first-order valence-electron chi connectivity index (χ1n) is 9.85. The predicted octanol–water partition coefficient (Wildman–Crippen LogP) is 3.62. The fourth-order valence-electron chi connectivity index (χ4n) is 6.44. The standard InChI is InChI=1S/C21H27ClN2O2/c1-20(2)19(25)24(23(20)12-14-5-3-4-6-17(14)22)18-15-7-13-8-16(18)11-21(26,9-13)10-15/h3-6,13,15-16,18,26H,7-12H2,1-2H3/t13?,15-,16+,18?,21?. The average molecular weight is 375 g/mol. The summed E-state index contributed by atoms with van der Waals surface area (Å²) < 4.78 is 0. The molecular weight excluding hydrogens is 348 g/mol. The highest BCUT2D eigenvalue weighted by Crippen LogP contribution is 2.58. The Hall–Kier alpha value is -1.10. The van der Waals surface area contributed by atoms with Crippen LogP contribution in [0.25, 0.3) is 0 Å². The molecule has 4 nitrogen and oxygen atoms in total. The molecule has 0 aromatic heterocycles. The quantitative estimate of drug-likeness (QED) is 0.878. The van der Waals surface area contributed by atoms with Crippen molar-refractivity contribution in [1.29, 1.82) is 0 Å². The van der Waals surface area contributed by atoms with Gasteiger partial charge in [0.25, 0.3) is 5.91 Å². The van der Waals surface area contributed by atoms with E-state index in [2.05, 4.69) is 5.01 Å². The van der Waals surface area contributed by atoms with Gasteiger partial charge < -0.3 is 5.11 Å². The van der Waals surface area contributed by atoms with Crippen LogP contribution in [0.3, 0.4) is 0 Å². The first-order valence-corrected chi connectivity index (χ1v) is 10.2. The summed E-state index contributed by atoms with van der Waals surface area (Å²) in [5, 5.41) is 15.9. The van der Waals surface area contributed by atoms with E-state index in [1.165, 1.54) is 0 Å². The number of nitrogens with zero attached hydrogens (tertiary/aromatic N) is 2. The van der Waals surface area contributed by atoms with Gasteiger partial charge in [0.1, 0.15) is 5.54 Å². The molecule has 0 radical (unpaired) electrons. The predicted molar refractivity (Wildman–Crippen MR) is 100 cm³/mol. The molecule has 1 heterocycles. The second-order valence-electron chi connectivity index (χ2n) is 9.54. The Bertz CT molecular complexity index is 748. The van der Waals surface area contributed by atoms with Crippen LogP contribution >= 0.6 is 11.6 Å². The summed E-state index contributed by atoms with van der Waals surface area (Å²) in [5.74, 6) is 1.73. The summed E-state index contributed by atoms with van der Waals surface area (Å²) in [5.41, 5.74) is 0.0940. The maximum atomic E-state index is 13.1. The number of carbonyl (C=O) groups is 1. The molecule has 5 heteroatoms. The second kappa shape index (κ2) is 5.46. The second-order valence-corrected chi connectivity index (χ2v) is 9.95. The van der Waals surface area contributed by atoms with E-state index < -0.39 is 11.1 Å². The average Bonchev–Trinajstić information content (AvgIpc) is 2.56. The summed E-state index contributed by atoms with van der Waals surface area (Å²) in [7, 11) is 0. The third kappa shape index (κ3) is 2.31. The minimum absolute atomic E-state index is 0.217. The van der Waals surface area contributed by atoms with Gasteiger partial charge in [-0.15, -0.1) is 0 Å². The largest absolute Gasteiger partial charge is 0.390 e. The fraction of sp³-hybridized carbons (Fsp3) is 0.667. The number of carbonyl (C=O) groups excluding carboxylic acids is 1. The molecule has 1 aromatic rings. The number of hydrogen-bond acceptors (Lipinski definition) is 3. The molecule has 26 heavy (non-hydrogen) atoms. The van der Waals surface area contributed by atoms with Crippen molar-refractivity contribution in [1.82, 2.24) is 10.0 Å². The molecule has 4 bridgehead atoms. The number of aliphatic hydroxyl groups is 1. The van der Waals surface area contributed by atoms with E-state index in [-0.39, 0.29) is 11.9 Å². The third-order valence-electron chi connectivity index (χ3n) is 7.39. The van der Waals surface area contributed by atoms with E-state index in [0.29, 0.717) is 24.3 Å². The van der Waals surface area contributed by atoms with Gasteiger partial charge in [-0.05, 0) is 75.3 Å². The molecule has 1 N–H and O–H groups in total. The molecule has 3 unspecified atom stereocenters. The highest BCUT2D eigenvalue weighted by atomic mass is 35.5. The van der Waals surface area contributed by atoms with Crippen LogP contribution in [0.5, 0.6) is 0 Å². The minimum Gasteiger partial charge on any atom is -0.390 e. The summed E-state index contributed by atoms with van der Waals surface area (Å²) in [4.78, 5) is 13.1. The molecule has 0 spiro atoms. The molecule has 4 aliphatic carbocycles. The van der Waals surface area contributed by atoms with Crippen LogP contribution in [0.15, 0.2) is 24.3 Å². The number of benzene rings is 1. The van der Waals surface area contributed by atoms with Gasteiger partial charge in [0.15, 0.2) is 0 Å². The van der Waals surface area contributed by atoms with E-state index in [1.54, 1.807) is 0 Å². The Morgan fingerprint density at radius 1 is 1.15 bits per heavy atom. The first kappa shape index (κ1) is 17.0. The molecule has 5 aliphatic rings. The first-order chi connectivity index (χ1) is 12.3. The molecule has 1 amide bonds. The number of halogens is 1. The lowest BCUT2D eigenvalue weighted by Crippen LogP contribution is -2.79. The van der Waals surface area contributed by atoms with Gasteiger partial charge >= 0.3 is 0 Å². The molecule has 4 saturated carbocycles. The van der Waals surface area contributed by atoms with Crippen molar-refractivity contribution >= 4 is 17.5 Å². The van der Waals surface area contributed by atoms with Gasteiger partial charge in [0.05, 0.1) is 11.6 Å². The van der Waals surface area contributed by atoms with Crippen LogP contribution in [-0.2, 0) is 11.3 Å². The van der Waals surface area contributed by atoms with E-state index in [9.17, 15) is 9.90 Å². The van der Waals surface area contributed by atoms with Crippen molar-refractivity contribution < 1.29 is 9.90 Å². The molecule has 5 fully saturated rings. The maximum Gasteiger partial charge on any atom is 0.258 e. The van der Waals surface area contributed by atoms with Crippen LogP contribution < -0.4 is 0 Å². The molecule has 1 aliphatic heterocycles. The van der Waals surface area contributed by atoms with Crippen molar-refractivity contribution in [3.05, 3.63) is 34.9 Å². The summed E-state index contributed by atoms with van der Waals surface area (Å²) in [6, 6.07) is 8.13. The van der Waals surface area contributed by atoms with Gasteiger partial charge in [-0.1, -0.05) is 29.8 Å². The van der Waals surface area contributed by atoms with Crippen LogP contribution in [0.2, 0.25) is 5.02 Å². The molecular formula is C21H27ClN2O2. The number of hydrazine groups is 1. The van der Waals surface area contributed by atoms with Crippen molar-refractivity contribution in [3.63, 3.8) is 0 Å². The minimum atomic E-state index is -0.495. The van der Waals surface area contributed by atoms with E-state index >= 15 is 0 Å². The molecule has 6 rings (SSSR count). The van der Waals surface area contributed by atoms with Crippen LogP contribution in [0.4, 0.5) is 0 Å². The van der Waals surface area contributed by atoms with Gasteiger partial charge in [-0.2, -0.15) is 5.01 Å². The zero-order valence-electron chi connectivity index (χ0n) is 15.5. The lowest BCUT2D eigenvalue weighted by Gasteiger charge is -2.66. The molecule has 5 atom stereocenters. The highest BCUT2D eigenvalue weighted by molar-refractivity contribution is 6.31. The topological polar surface area (TPSA) is 43.8 Å². The summed E-state index contributed by atoms with van der Waals surface area (Å²) >= 11 is 6.39. The van der Waals surface area contributed by atoms with Gasteiger partial charge in [-0.25, -0.2) is 0 Å². The van der Waals surface area contributed by atoms with Crippen molar-refractivity contribution in [2.45, 2.75) is 69.7 Å². The number of hydrogen-bond donors (Lipinski definition) is 1. The number of rotatable bonds is 3. The SMILES string of the molecule is CC1(C)C(=O)N(C2[C@@H]3CC4C[C@H]2CC(O)(C4)C3)N1Cc1ccccc1Cl. The normalized spacial score (nSPS) is 40.8. The fourth-order valence-corrected chi connectivity index (χ4v) is 6.63. The van der Waals surface area contributed by atoms with E-state index in [4.69, 9.17) is 11.6 Å². The Labute approximate surface area is 160 Å². The Balaban J connectivity index is 1.44. The smallest absolute Gasteiger partial charge is 0.258 e. The zero-order chi connectivity index (χ0) is 18.3. The van der Waals surface area contributed by atoms with Crippen LogP contribution in [-0.4, -0.2) is 38.2 Å². The Morgan fingerprint density at radius 2 is 1.81 bits per heavy atom. The van der Waals surface area contributed by atoms with E-state index in [0.717, 1.165) is 42.7 Å². The monoisotopic (exact) mass is 374 g/mol. The van der Waals surface area contributed by atoms with Crippen molar-refractivity contribution in [2.75, 3.05) is 0 Å². The van der Waals surface area contributed by atoms with Crippen LogP contribution in [0.1, 0.15) is 51.5 Å². The van der Waals surface area contributed by atoms with Gasteiger partial charge in [0, 0.05) is 11.6 Å². The van der Waals surface area contributed by atoms with Crippen molar-refractivity contribution in [3.8, 4) is 0 Å². The molecule has 140 valence electrons. The Kier molecular flexibility index (Phi) is 3.58. The van der Waals surface area contributed by atoms with E-state index in [1.807, 2.05) is 43.1 Å². The lowest BCUT2D eigenvalue weighted by atomic mass is 9.52. The van der Waals surface area contributed by atoms with Gasteiger partial charge in [0.2, 0.25) is 0 Å². The molecule has 1 saturated heterocycles. The lowest BCUT2D eigenvalue weighted by molar-refractivity contribution is -0.262. The van der Waals surface area contributed by atoms with Gasteiger partial charge in [-0.3, -0.25) is 9.80 Å². The van der Waals surface area contributed by atoms with Crippen LogP contribution in [0, 0.1) is 17.8 Å². The summed E-state index contributed by atoms with van der Waals surface area (Å²) in [6.45, 7) is 4.67. The number of amides is 1. The zero-order valence-corrected chi connectivity index (χ0v) is 16.2. The maximum absolute atomic E-state index is 13.1.